The average Bonchev–Trinajstić information content (AvgIpc) is 1.79. The van der Waals surface area contributed by atoms with E-state index in [1.54, 1.807) is 0 Å². The molecule has 2 radical (unpaired) electrons. The SMILES string of the molecule is CC(=O)CC(=O)O.CC(=O)CC(=O)O.[Be]. The van der Waals surface area contributed by atoms with Gasteiger partial charge in [-0.25, -0.2) is 0 Å². The van der Waals surface area contributed by atoms with Gasteiger partial charge in [0.2, 0.25) is 0 Å². The summed E-state index contributed by atoms with van der Waals surface area (Å²) in [5.74, 6) is -2.75. The van der Waals surface area contributed by atoms with Gasteiger partial charge >= 0.3 is 11.9 Å². The number of hydrogen-bond donors (Lipinski definition) is 2. The van der Waals surface area contributed by atoms with Gasteiger partial charge < -0.3 is 10.2 Å². The van der Waals surface area contributed by atoms with Gasteiger partial charge in [-0.05, 0) is 13.8 Å². The van der Waals surface area contributed by atoms with Crippen LogP contribution in [0.1, 0.15) is 26.7 Å². The van der Waals surface area contributed by atoms with Crippen molar-refractivity contribution < 1.29 is 29.4 Å². The van der Waals surface area contributed by atoms with Crippen LogP contribution in [0.4, 0.5) is 0 Å². The van der Waals surface area contributed by atoms with Crippen molar-refractivity contribution in [2.45, 2.75) is 26.7 Å². The Kier molecular flexibility index (Phi) is 13.4. The monoisotopic (exact) mass is 213 g/mol. The zero-order valence-electron chi connectivity index (χ0n) is 8.65. The third-order valence-corrected chi connectivity index (χ3v) is 0.800. The molecule has 0 saturated carbocycles. The summed E-state index contributed by atoms with van der Waals surface area (Å²) in [4.78, 5) is 38.9. The Hall–Kier alpha value is -1.55. The van der Waals surface area contributed by atoms with Crippen molar-refractivity contribution in [2.24, 2.45) is 0 Å². The van der Waals surface area contributed by atoms with E-state index in [1.807, 2.05) is 0 Å². The largest absolute Gasteiger partial charge is 0.481 e. The second-order valence-electron chi connectivity index (χ2n) is 2.55. The average molecular weight is 213 g/mol. The maximum Gasteiger partial charge on any atom is 0.310 e. The molecular formula is C8H12BeO6. The fourth-order valence-corrected chi connectivity index (χ4v) is 0.426. The third kappa shape index (κ3) is 32.7. The summed E-state index contributed by atoms with van der Waals surface area (Å²) in [7, 11) is 0. The quantitative estimate of drug-likeness (QED) is 0.491. The summed E-state index contributed by atoms with van der Waals surface area (Å²) in [5, 5.41) is 15.7. The predicted molar refractivity (Wildman–Crippen MR) is 51.6 cm³/mol. The Morgan fingerprint density at radius 1 is 0.800 bits per heavy atom. The van der Waals surface area contributed by atoms with Crippen LogP contribution < -0.4 is 0 Å². The molecule has 0 aliphatic carbocycles. The van der Waals surface area contributed by atoms with E-state index in [1.165, 1.54) is 13.8 Å². The van der Waals surface area contributed by atoms with Crippen LogP contribution in [-0.4, -0.2) is 43.8 Å². The molecule has 82 valence electrons. The van der Waals surface area contributed by atoms with Gasteiger partial charge in [0, 0.05) is 10.1 Å². The number of Topliss-reactive ketones (excluding diaryl/α,β-unsaturated/α-hetero) is 2. The Bertz CT molecular complexity index is 198. The number of carbonyl (C=O) groups is 4. The molecule has 6 nitrogen and oxygen atoms in total. The van der Waals surface area contributed by atoms with Crippen molar-refractivity contribution in [3.05, 3.63) is 0 Å². The van der Waals surface area contributed by atoms with Gasteiger partial charge in [-0.2, -0.15) is 0 Å². The van der Waals surface area contributed by atoms with Gasteiger partial charge in [-0.1, -0.05) is 0 Å². The van der Waals surface area contributed by atoms with Crippen LogP contribution in [0.2, 0.25) is 0 Å². The zero-order chi connectivity index (χ0) is 11.7. The molecule has 0 aliphatic heterocycles. The third-order valence-electron chi connectivity index (χ3n) is 0.800. The van der Waals surface area contributed by atoms with Crippen molar-refractivity contribution in [1.29, 1.82) is 0 Å². The molecule has 0 atom stereocenters. The summed E-state index contributed by atoms with van der Waals surface area (Å²) in [6, 6.07) is 0. The first-order valence-corrected chi connectivity index (χ1v) is 3.68. The summed E-state index contributed by atoms with van der Waals surface area (Å²) in [6.45, 7) is 2.49. The molecule has 0 aromatic rings. The first kappa shape index (κ1) is 19.1. The molecule has 0 spiro atoms. The van der Waals surface area contributed by atoms with Gasteiger partial charge in [-0.3, -0.25) is 19.2 Å². The zero-order valence-corrected chi connectivity index (χ0v) is 8.65. The fraction of sp³-hybridized carbons (Fsp3) is 0.500. The van der Waals surface area contributed by atoms with Gasteiger partial charge in [0.15, 0.2) is 0 Å². The Morgan fingerprint density at radius 3 is 1.00 bits per heavy atom. The second kappa shape index (κ2) is 10.5. The molecule has 0 heterocycles. The van der Waals surface area contributed by atoms with Crippen molar-refractivity contribution in [3.63, 3.8) is 0 Å². The summed E-state index contributed by atoms with van der Waals surface area (Å²) in [6.07, 6.45) is -0.722. The second-order valence-corrected chi connectivity index (χ2v) is 2.55. The topological polar surface area (TPSA) is 109 Å². The Morgan fingerprint density at radius 2 is 1.00 bits per heavy atom. The molecule has 0 unspecified atom stereocenters. The number of aliphatic carboxylic acids is 2. The van der Waals surface area contributed by atoms with Crippen molar-refractivity contribution in [1.82, 2.24) is 0 Å². The molecule has 0 aromatic heterocycles. The molecular weight excluding hydrogens is 201 g/mol. The van der Waals surface area contributed by atoms with E-state index in [0.717, 1.165) is 0 Å². The van der Waals surface area contributed by atoms with E-state index in [4.69, 9.17) is 10.2 Å². The normalized spacial score (nSPS) is 7.60. The van der Waals surface area contributed by atoms with E-state index in [-0.39, 0.29) is 34.5 Å². The van der Waals surface area contributed by atoms with E-state index in [2.05, 4.69) is 0 Å². The smallest absolute Gasteiger partial charge is 0.310 e. The Balaban J connectivity index is -0.000000180. The first-order chi connectivity index (χ1) is 6.25. The van der Waals surface area contributed by atoms with E-state index in [9.17, 15) is 19.2 Å². The van der Waals surface area contributed by atoms with Crippen LogP contribution in [0, 0.1) is 0 Å². The molecule has 7 heteroatoms. The van der Waals surface area contributed by atoms with Crippen LogP contribution in [0.15, 0.2) is 0 Å². The van der Waals surface area contributed by atoms with Gasteiger partial charge in [0.25, 0.3) is 0 Å². The van der Waals surface area contributed by atoms with Crippen LogP contribution in [0.3, 0.4) is 0 Å². The molecule has 0 aliphatic rings. The number of ketones is 2. The molecule has 0 fully saturated rings. The molecule has 0 aromatic carbocycles. The summed E-state index contributed by atoms with van der Waals surface area (Å²) >= 11 is 0. The number of carbonyl (C=O) groups excluding carboxylic acids is 2. The van der Waals surface area contributed by atoms with Crippen molar-refractivity contribution in [2.75, 3.05) is 0 Å². The molecule has 15 heavy (non-hydrogen) atoms. The van der Waals surface area contributed by atoms with Crippen LogP contribution in [0.5, 0.6) is 0 Å². The van der Waals surface area contributed by atoms with Crippen LogP contribution in [-0.2, 0) is 19.2 Å². The molecule has 0 amide bonds. The maximum atomic E-state index is 9.87. The molecule has 0 rings (SSSR count). The maximum absolute atomic E-state index is 9.87. The fourth-order valence-electron chi connectivity index (χ4n) is 0.426. The van der Waals surface area contributed by atoms with E-state index < -0.39 is 11.9 Å². The predicted octanol–water partition coefficient (Wildman–Crippen LogP) is -0.281. The number of carboxylic acids is 2. The molecule has 2 N–H and O–H groups in total. The van der Waals surface area contributed by atoms with Crippen molar-refractivity contribution in [3.8, 4) is 0 Å². The Labute approximate surface area is 90.5 Å². The van der Waals surface area contributed by atoms with Crippen LogP contribution in [0.25, 0.3) is 0 Å². The number of hydrogen-bond acceptors (Lipinski definition) is 4. The minimum absolute atomic E-state index is 0. The van der Waals surface area contributed by atoms with Crippen molar-refractivity contribution >= 4 is 33.6 Å². The van der Waals surface area contributed by atoms with Gasteiger partial charge in [0.05, 0.1) is 0 Å². The van der Waals surface area contributed by atoms with Gasteiger partial charge in [-0.15, -0.1) is 0 Å². The molecule has 0 bridgehead atoms. The summed E-state index contributed by atoms with van der Waals surface area (Å²) < 4.78 is 0. The number of rotatable bonds is 4. The van der Waals surface area contributed by atoms with Crippen LogP contribution >= 0.6 is 0 Å². The van der Waals surface area contributed by atoms with E-state index in [0.29, 0.717) is 0 Å². The number of carboxylic acid groups (broad SMARTS) is 2. The van der Waals surface area contributed by atoms with Gasteiger partial charge in [0.1, 0.15) is 24.4 Å². The minimum Gasteiger partial charge on any atom is -0.481 e. The van der Waals surface area contributed by atoms with E-state index >= 15 is 0 Å². The first-order valence-electron chi connectivity index (χ1n) is 3.68. The minimum atomic E-state index is -1.06. The summed E-state index contributed by atoms with van der Waals surface area (Å²) in [5.41, 5.74) is 0. The molecule has 0 saturated heterocycles. The standard InChI is InChI=1S/2C4H6O3.Be/c2*1-3(5)2-4(6)7;/h2*2H2,1H3,(H,6,7);.